The molecule has 2 aliphatic heterocycles. The average Bonchev–Trinajstić information content (AvgIpc) is 3.08. The van der Waals surface area contributed by atoms with Crippen molar-refractivity contribution >= 4 is 17.7 Å². The summed E-state index contributed by atoms with van der Waals surface area (Å²) in [5.74, 6) is -0.507. The number of carbonyl (C=O) groups excluding carboxylic acids is 3. The van der Waals surface area contributed by atoms with Gasteiger partial charge in [-0.3, -0.25) is 19.7 Å². The van der Waals surface area contributed by atoms with Crippen LogP contribution in [0, 0.1) is 19.3 Å². The van der Waals surface area contributed by atoms with E-state index in [-0.39, 0.29) is 24.1 Å². The fourth-order valence-corrected chi connectivity index (χ4v) is 3.74. The molecule has 22 heavy (non-hydrogen) atoms. The first-order valence-electron chi connectivity index (χ1n) is 7.68. The van der Waals surface area contributed by atoms with Gasteiger partial charge >= 0.3 is 0 Å². The number of nitrogens with zero attached hydrogens (tertiary/aromatic N) is 2. The summed E-state index contributed by atoms with van der Waals surface area (Å²) in [5, 5.41) is 2.36. The number of hydrogen-bond acceptors (Lipinski definition) is 3. The van der Waals surface area contributed by atoms with Gasteiger partial charge in [0.05, 0.1) is 11.0 Å². The highest BCUT2D eigenvalue weighted by Gasteiger charge is 2.51. The molecule has 1 spiro atoms. The Bertz CT molecular complexity index is 676. The molecule has 0 aromatic carbocycles. The highest BCUT2D eigenvalue weighted by atomic mass is 16.2. The highest BCUT2D eigenvalue weighted by Crippen LogP contribution is 2.38. The van der Waals surface area contributed by atoms with Crippen LogP contribution in [0.25, 0.3) is 0 Å². The molecule has 1 atom stereocenters. The second kappa shape index (κ2) is 4.97. The maximum absolute atomic E-state index is 12.8. The number of nitrogens with one attached hydrogen (secondary N) is 1. The number of likely N-dealkylation sites (tertiary alicyclic amines) is 1. The minimum atomic E-state index is -0.705. The SMILES string of the molecule is CCn1c(C)cc(C(=O)N2CC[C@@]3(CC(=O)NC3=O)C2)c1C. The van der Waals surface area contributed by atoms with Gasteiger partial charge in [-0.1, -0.05) is 0 Å². The van der Waals surface area contributed by atoms with E-state index in [4.69, 9.17) is 0 Å². The molecule has 118 valence electrons. The molecule has 3 heterocycles. The molecule has 0 bridgehead atoms. The molecule has 2 saturated heterocycles. The molecule has 1 N–H and O–H groups in total. The number of rotatable bonds is 2. The predicted molar refractivity (Wildman–Crippen MR) is 80.3 cm³/mol. The van der Waals surface area contributed by atoms with Crippen molar-refractivity contribution in [3.63, 3.8) is 0 Å². The van der Waals surface area contributed by atoms with Gasteiger partial charge in [-0.15, -0.1) is 0 Å². The number of amides is 3. The first-order valence-corrected chi connectivity index (χ1v) is 7.68. The number of aryl methyl sites for hydroxylation is 1. The van der Waals surface area contributed by atoms with Crippen molar-refractivity contribution in [3.05, 3.63) is 23.0 Å². The van der Waals surface area contributed by atoms with Gasteiger partial charge in [0.15, 0.2) is 0 Å². The van der Waals surface area contributed by atoms with Crippen LogP contribution in [0.4, 0.5) is 0 Å². The van der Waals surface area contributed by atoms with Crippen molar-refractivity contribution in [1.82, 2.24) is 14.8 Å². The van der Waals surface area contributed by atoms with E-state index in [2.05, 4.69) is 9.88 Å². The fourth-order valence-electron chi connectivity index (χ4n) is 3.74. The Hall–Kier alpha value is -2.11. The normalized spacial score (nSPS) is 24.4. The third-order valence-corrected chi connectivity index (χ3v) is 4.99. The predicted octanol–water partition coefficient (Wildman–Crippen LogP) is 1.00. The lowest BCUT2D eigenvalue weighted by atomic mass is 9.85. The van der Waals surface area contributed by atoms with Crippen LogP contribution in [0.5, 0.6) is 0 Å². The molecule has 0 aliphatic carbocycles. The maximum Gasteiger partial charge on any atom is 0.255 e. The van der Waals surface area contributed by atoms with Gasteiger partial charge in [0.25, 0.3) is 5.91 Å². The van der Waals surface area contributed by atoms with Gasteiger partial charge in [0, 0.05) is 37.4 Å². The summed E-state index contributed by atoms with van der Waals surface area (Å²) in [6.45, 7) is 7.66. The van der Waals surface area contributed by atoms with E-state index >= 15 is 0 Å². The van der Waals surface area contributed by atoms with Crippen LogP contribution in [-0.2, 0) is 16.1 Å². The summed E-state index contributed by atoms with van der Waals surface area (Å²) in [6.07, 6.45) is 0.756. The van der Waals surface area contributed by atoms with E-state index in [1.165, 1.54) is 0 Å². The Morgan fingerprint density at radius 1 is 1.36 bits per heavy atom. The summed E-state index contributed by atoms with van der Waals surface area (Å²) in [7, 11) is 0. The van der Waals surface area contributed by atoms with E-state index in [1.807, 2.05) is 26.8 Å². The molecule has 0 unspecified atom stereocenters. The molecule has 3 amide bonds. The topological polar surface area (TPSA) is 71.4 Å². The van der Waals surface area contributed by atoms with Crippen LogP contribution >= 0.6 is 0 Å². The van der Waals surface area contributed by atoms with Crippen LogP contribution < -0.4 is 5.32 Å². The van der Waals surface area contributed by atoms with Crippen molar-refractivity contribution in [2.24, 2.45) is 5.41 Å². The summed E-state index contributed by atoms with van der Waals surface area (Å²) < 4.78 is 2.10. The molecule has 3 rings (SSSR count). The van der Waals surface area contributed by atoms with E-state index in [1.54, 1.807) is 4.90 Å². The molecule has 2 fully saturated rings. The average molecular weight is 303 g/mol. The van der Waals surface area contributed by atoms with E-state index in [0.29, 0.717) is 25.1 Å². The molecular weight excluding hydrogens is 282 g/mol. The summed E-state index contributed by atoms with van der Waals surface area (Å²) in [6, 6.07) is 1.91. The van der Waals surface area contributed by atoms with Crippen molar-refractivity contribution in [2.75, 3.05) is 13.1 Å². The van der Waals surface area contributed by atoms with Crippen molar-refractivity contribution in [3.8, 4) is 0 Å². The zero-order valence-corrected chi connectivity index (χ0v) is 13.2. The van der Waals surface area contributed by atoms with Crippen molar-refractivity contribution < 1.29 is 14.4 Å². The molecule has 2 aliphatic rings. The summed E-state index contributed by atoms with van der Waals surface area (Å²) in [5.41, 5.74) is 2.01. The third kappa shape index (κ3) is 2.05. The Morgan fingerprint density at radius 2 is 2.09 bits per heavy atom. The highest BCUT2D eigenvalue weighted by molar-refractivity contribution is 6.07. The Kier molecular flexibility index (Phi) is 3.34. The first-order chi connectivity index (χ1) is 10.4. The number of hydrogen-bond donors (Lipinski definition) is 1. The van der Waals surface area contributed by atoms with Gasteiger partial charge in [-0.05, 0) is 33.3 Å². The summed E-state index contributed by atoms with van der Waals surface area (Å²) >= 11 is 0. The standard InChI is InChI=1S/C16H21N3O3/c1-4-19-10(2)7-12(11(19)3)14(21)18-6-5-16(9-18)8-13(20)17-15(16)22/h7H,4-6,8-9H2,1-3H3,(H,17,20,22)/t16-/m1/s1. The van der Waals surface area contributed by atoms with Crippen LogP contribution in [0.3, 0.4) is 0 Å². The molecular formula is C16H21N3O3. The first kappa shape index (κ1) is 14.8. The molecule has 0 radical (unpaired) electrons. The van der Waals surface area contributed by atoms with Gasteiger partial charge in [0.2, 0.25) is 11.8 Å². The smallest absolute Gasteiger partial charge is 0.255 e. The quantitative estimate of drug-likeness (QED) is 0.829. The number of aromatic nitrogens is 1. The lowest BCUT2D eigenvalue weighted by Gasteiger charge is -2.20. The van der Waals surface area contributed by atoms with Crippen LogP contribution in [0.1, 0.15) is 41.5 Å². The van der Waals surface area contributed by atoms with Crippen molar-refractivity contribution in [1.29, 1.82) is 0 Å². The Labute approximate surface area is 129 Å². The van der Waals surface area contributed by atoms with Gasteiger partial charge < -0.3 is 9.47 Å². The Balaban J connectivity index is 1.83. The van der Waals surface area contributed by atoms with E-state index < -0.39 is 5.41 Å². The molecule has 1 aromatic heterocycles. The van der Waals surface area contributed by atoms with E-state index in [9.17, 15) is 14.4 Å². The fraction of sp³-hybridized carbons (Fsp3) is 0.562. The second-order valence-corrected chi connectivity index (χ2v) is 6.34. The Morgan fingerprint density at radius 3 is 2.64 bits per heavy atom. The summed E-state index contributed by atoms with van der Waals surface area (Å²) in [4.78, 5) is 38.0. The van der Waals surface area contributed by atoms with Gasteiger partial charge in [-0.2, -0.15) is 0 Å². The van der Waals surface area contributed by atoms with E-state index in [0.717, 1.165) is 17.9 Å². The number of carbonyl (C=O) groups is 3. The lowest BCUT2D eigenvalue weighted by Crippen LogP contribution is -2.36. The zero-order chi connectivity index (χ0) is 16.1. The second-order valence-electron chi connectivity index (χ2n) is 6.34. The lowest BCUT2D eigenvalue weighted by molar-refractivity contribution is -0.128. The zero-order valence-electron chi connectivity index (χ0n) is 13.2. The minimum absolute atomic E-state index is 0.0446. The largest absolute Gasteiger partial charge is 0.349 e. The molecule has 6 heteroatoms. The third-order valence-electron chi connectivity index (χ3n) is 4.99. The monoisotopic (exact) mass is 303 g/mol. The number of imide groups is 1. The molecule has 1 aromatic rings. The van der Waals surface area contributed by atoms with Crippen LogP contribution in [0.15, 0.2) is 6.07 Å². The van der Waals surface area contributed by atoms with Crippen LogP contribution in [0.2, 0.25) is 0 Å². The maximum atomic E-state index is 12.8. The van der Waals surface area contributed by atoms with Crippen molar-refractivity contribution in [2.45, 2.75) is 40.2 Å². The molecule has 6 nitrogen and oxygen atoms in total. The van der Waals surface area contributed by atoms with Gasteiger partial charge in [0.1, 0.15) is 0 Å². The molecule has 0 saturated carbocycles. The van der Waals surface area contributed by atoms with Crippen LogP contribution in [-0.4, -0.2) is 40.3 Å². The minimum Gasteiger partial charge on any atom is -0.349 e. The van der Waals surface area contributed by atoms with Gasteiger partial charge in [-0.25, -0.2) is 0 Å².